The van der Waals surface area contributed by atoms with Crippen LogP contribution in [-0.4, -0.2) is 36.0 Å². The van der Waals surface area contributed by atoms with Crippen LogP contribution < -0.4 is 5.14 Å². The monoisotopic (exact) mass is 366 g/mol. The number of piperidine rings is 1. The van der Waals surface area contributed by atoms with Gasteiger partial charge in [0.25, 0.3) is 10.2 Å². The summed E-state index contributed by atoms with van der Waals surface area (Å²) in [6.45, 7) is 2.65. The number of benzene rings is 1. The zero-order chi connectivity index (χ0) is 17.8. The summed E-state index contributed by atoms with van der Waals surface area (Å²) in [6.07, 6.45) is 2.39. The third kappa shape index (κ3) is 2.96. The van der Waals surface area contributed by atoms with Crippen molar-refractivity contribution >= 4 is 10.2 Å². The molecule has 1 aliphatic carbocycles. The first-order chi connectivity index (χ1) is 11.8. The molecular weight excluding hydrogens is 347 g/mol. The van der Waals surface area contributed by atoms with E-state index in [2.05, 4.69) is 10.1 Å². The van der Waals surface area contributed by atoms with Gasteiger partial charge in [0.2, 0.25) is 11.7 Å². The van der Waals surface area contributed by atoms with E-state index in [1.807, 2.05) is 0 Å². The first-order valence-electron chi connectivity index (χ1n) is 8.16. The minimum Gasteiger partial charge on any atom is -0.339 e. The van der Waals surface area contributed by atoms with Crippen molar-refractivity contribution in [3.8, 4) is 11.4 Å². The van der Waals surface area contributed by atoms with E-state index < -0.39 is 10.2 Å². The van der Waals surface area contributed by atoms with Gasteiger partial charge in [-0.15, -0.1) is 0 Å². The third-order valence-electron chi connectivity index (χ3n) is 5.44. The van der Waals surface area contributed by atoms with Crippen molar-refractivity contribution in [3.63, 3.8) is 0 Å². The van der Waals surface area contributed by atoms with Gasteiger partial charge in [0.05, 0.1) is 0 Å². The standard InChI is InChI=1S/C16H19FN4O3S/c1-10-8-11(17)2-3-12(10)14-19-15(24-20-14)13-9-16(13)4-6-21(7-5-16)25(18,22)23/h2-3,8,13H,4-7,9H2,1H3,(H2,18,22,23)/t13-/m0/s1. The molecule has 2 aliphatic rings. The molecule has 134 valence electrons. The Morgan fingerprint density at radius 2 is 2.08 bits per heavy atom. The molecule has 0 amide bonds. The second-order valence-electron chi connectivity index (χ2n) is 6.98. The lowest BCUT2D eigenvalue weighted by molar-refractivity contribution is 0.242. The van der Waals surface area contributed by atoms with E-state index >= 15 is 0 Å². The number of halogens is 1. The zero-order valence-electron chi connectivity index (χ0n) is 13.8. The number of aryl methyl sites for hydroxylation is 1. The van der Waals surface area contributed by atoms with E-state index in [0.717, 1.165) is 30.4 Å². The summed E-state index contributed by atoms with van der Waals surface area (Å²) in [6, 6.07) is 4.46. The van der Waals surface area contributed by atoms with E-state index in [1.54, 1.807) is 13.0 Å². The number of aromatic nitrogens is 2. The molecule has 2 N–H and O–H groups in total. The van der Waals surface area contributed by atoms with Gasteiger partial charge < -0.3 is 4.52 Å². The lowest BCUT2D eigenvalue weighted by atomic mass is 9.92. The molecule has 0 radical (unpaired) electrons. The lowest BCUT2D eigenvalue weighted by Gasteiger charge is -2.30. The largest absolute Gasteiger partial charge is 0.339 e. The van der Waals surface area contributed by atoms with Crippen LogP contribution in [0.3, 0.4) is 0 Å². The van der Waals surface area contributed by atoms with Crippen LogP contribution in [0.4, 0.5) is 4.39 Å². The highest BCUT2D eigenvalue weighted by Gasteiger charge is 2.58. The number of rotatable bonds is 3. The fourth-order valence-corrected chi connectivity index (χ4v) is 4.49. The molecule has 2 heterocycles. The van der Waals surface area contributed by atoms with Crippen LogP contribution >= 0.6 is 0 Å². The normalized spacial score (nSPS) is 23.1. The van der Waals surface area contributed by atoms with Crippen molar-refractivity contribution in [1.82, 2.24) is 14.4 Å². The fraction of sp³-hybridized carbons (Fsp3) is 0.500. The predicted molar refractivity (Wildman–Crippen MR) is 88.1 cm³/mol. The van der Waals surface area contributed by atoms with Gasteiger partial charge in [-0.2, -0.15) is 17.7 Å². The van der Waals surface area contributed by atoms with Gasteiger partial charge in [0.15, 0.2) is 0 Å². The Kier molecular flexibility index (Phi) is 3.71. The first kappa shape index (κ1) is 16.6. The summed E-state index contributed by atoms with van der Waals surface area (Å²) < 4.78 is 42.8. The van der Waals surface area contributed by atoms with Gasteiger partial charge in [0, 0.05) is 24.6 Å². The van der Waals surface area contributed by atoms with Crippen LogP contribution in [0.15, 0.2) is 22.7 Å². The number of nitrogens with two attached hydrogens (primary N) is 1. The van der Waals surface area contributed by atoms with Gasteiger partial charge in [-0.3, -0.25) is 0 Å². The molecule has 2 fully saturated rings. The Labute approximate surface area is 145 Å². The zero-order valence-corrected chi connectivity index (χ0v) is 14.6. The molecule has 1 saturated carbocycles. The fourth-order valence-electron chi connectivity index (χ4n) is 3.80. The molecule has 7 nitrogen and oxygen atoms in total. The SMILES string of the molecule is Cc1cc(F)ccc1-c1noc([C@@H]2CC23CCN(S(N)(=O)=O)CC3)n1. The second kappa shape index (κ2) is 5.58. The summed E-state index contributed by atoms with van der Waals surface area (Å²) in [4.78, 5) is 4.49. The highest BCUT2D eigenvalue weighted by atomic mass is 32.2. The van der Waals surface area contributed by atoms with Gasteiger partial charge in [-0.05, 0) is 55.4 Å². The third-order valence-corrected chi connectivity index (χ3v) is 6.52. The number of hydrogen-bond acceptors (Lipinski definition) is 5. The molecule has 1 saturated heterocycles. The first-order valence-corrected chi connectivity index (χ1v) is 9.67. The maximum atomic E-state index is 13.2. The van der Waals surface area contributed by atoms with Gasteiger partial charge in [-0.25, -0.2) is 9.53 Å². The molecule has 25 heavy (non-hydrogen) atoms. The molecule has 1 aromatic heterocycles. The van der Waals surface area contributed by atoms with Crippen LogP contribution in [0.5, 0.6) is 0 Å². The number of hydrogen-bond donors (Lipinski definition) is 1. The van der Waals surface area contributed by atoms with E-state index in [4.69, 9.17) is 9.66 Å². The van der Waals surface area contributed by atoms with Crippen LogP contribution in [0.25, 0.3) is 11.4 Å². The highest BCUT2D eigenvalue weighted by molar-refractivity contribution is 7.86. The Hall–Kier alpha value is -1.84. The summed E-state index contributed by atoms with van der Waals surface area (Å²) in [7, 11) is -3.62. The second-order valence-corrected chi connectivity index (χ2v) is 8.52. The predicted octanol–water partition coefficient (Wildman–Crippen LogP) is 1.96. The Bertz CT molecular complexity index is 919. The van der Waals surface area contributed by atoms with Crippen molar-refractivity contribution in [3.05, 3.63) is 35.5 Å². The van der Waals surface area contributed by atoms with E-state index in [0.29, 0.717) is 24.8 Å². The van der Waals surface area contributed by atoms with Gasteiger partial charge in [-0.1, -0.05) is 5.16 Å². The maximum absolute atomic E-state index is 13.2. The quantitative estimate of drug-likeness (QED) is 0.894. The maximum Gasteiger partial charge on any atom is 0.276 e. The smallest absolute Gasteiger partial charge is 0.276 e. The van der Waals surface area contributed by atoms with E-state index in [-0.39, 0.29) is 17.2 Å². The molecule has 0 bridgehead atoms. The molecule has 4 rings (SSSR count). The Balaban J connectivity index is 1.50. The molecule has 9 heteroatoms. The van der Waals surface area contributed by atoms with Crippen molar-refractivity contribution in [2.45, 2.75) is 32.1 Å². The summed E-state index contributed by atoms with van der Waals surface area (Å²) in [5, 5.41) is 9.22. The van der Waals surface area contributed by atoms with E-state index in [1.165, 1.54) is 16.4 Å². The van der Waals surface area contributed by atoms with Crippen molar-refractivity contribution < 1.29 is 17.3 Å². The molecule has 1 spiro atoms. The van der Waals surface area contributed by atoms with Gasteiger partial charge >= 0.3 is 0 Å². The molecule has 1 aromatic carbocycles. The average Bonchev–Trinajstić information content (AvgIpc) is 3.02. The summed E-state index contributed by atoms with van der Waals surface area (Å²) in [5.41, 5.74) is 1.53. The van der Waals surface area contributed by atoms with Crippen LogP contribution in [-0.2, 0) is 10.2 Å². The Morgan fingerprint density at radius 1 is 1.36 bits per heavy atom. The van der Waals surface area contributed by atoms with Crippen LogP contribution in [0.2, 0.25) is 0 Å². The molecule has 0 unspecified atom stereocenters. The molecule has 1 atom stereocenters. The van der Waals surface area contributed by atoms with Crippen molar-refractivity contribution in [2.24, 2.45) is 10.6 Å². The minimum absolute atomic E-state index is 0.0306. The van der Waals surface area contributed by atoms with E-state index in [9.17, 15) is 12.8 Å². The van der Waals surface area contributed by atoms with Crippen molar-refractivity contribution in [1.29, 1.82) is 0 Å². The minimum atomic E-state index is -3.62. The van der Waals surface area contributed by atoms with Crippen LogP contribution in [0.1, 0.15) is 36.6 Å². The highest BCUT2D eigenvalue weighted by Crippen LogP contribution is 2.64. The lowest BCUT2D eigenvalue weighted by Crippen LogP contribution is -2.43. The Morgan fingerprint density at radius 3 is 2.72 bits per heavy atom. The summed E-state index contributed by atoms with van der Waals surface area (Å²) in [5.74, 6) is 0.879. The number of nitrogens with zero attached hydrogens (tertiary/aromatic N) is 3. The molecular formula is C16H19FN4O3S. The topological polar surface area (TPSA) is 102 Å². The van der Waals surface area contributed by atoms with Gasteiger partial charge in [0.1, 0.15) is 5.82 Å². The summed E-state index contributed by atoms with van der Waals surface area (Å²) >= 11 is 0. The van der Waals surface area contributed by atoms with Crippen LogP contribution in [0, 0.1) is 18.2 Å². The molecule has 1 aliphatic heterocycles. The average molecular weight is 366 g/mol. The van der Waals surface area contributed by atoms with Crippen molar-refractivity contribution in [2.75, 3.05) is 13.1 Å². The molecule has 2 aromatic rings.